The second-order valence-corrected chi connectivity index (χ2v) is 4.16. The van der Waals surface area contributed by atoms with Gasteiger partial charge in [-0.15, -0.1) is 0 Å². The highest BCUT2D eigenvalue weighted by atomic mass is 16.5. The Labute approximate surface area is 107 Å². The summed E-state index contributed by atoms with van der Waals surface area (Å²) in [5.41, 5.74) is 0.942. The first kappa shape index (κ1) is 12.6. The molecule has 4 heteroatoms. The molecular formula is C14H17NO3. The zero-order chi connectivity index (χ0) is 12.8. The zero-order valence-electron chi connectivity index (χ0n) is 10.4. The number of hydrogen-bond acceptors (Lipinski definition) is 4. The number of carbonyl (C=O) groups excluding carboxylic acids is 1. The van der Waals surface area contributed by atoms with Crippen molar-refractivity contribution in [3.05, 3.63) is 35.9 Å². The third-order valence-electron chi connectivity index (χ3n) is 2.81. The van der Waals surface area contributed by atoms with Gasteiger partial charge in [0.15, 0.2) is 0 Å². The van der Waals surface area contributed by atoms with E-state index in [0.717, 1.165) is 30.8 Å². The van der Waals surface area contributed by atoms with Gasteiger partial charge in [-0.1, -0.05) is 12.1 Å². The van der Waals surface area contributed by atoms with E-state index in [1.165, 1.54) is 13.2 Å². The highest BCUT2D eigenvalue weighted by molar-refractivity contribution is 5.86. The molecular weight excluding hydrogens is 230 g/mol. The minimum Gasteiger partial charge on any atom is -0.489 e. The van der Waals surface area contributed by atoms with Crippen LogP contribution < -0.4 is 10.1 Å². The lowest BCUT2D eigenvalue weighted by Gasteiger charge is -2.12. The van der Waals surface area contributed by atoms with E-state index in [0.29, 0.717) is 0 Å². The molecule has 96 valence electrons. The second-order valence-electron chi connectivity index (χ2n) is 4.16. The van der Waals surface area contributed by atoms with Gasteiger partial charge in [-0.3, -0.25) is 0 Å². The fraction of sp³-hybridized carbons (Fsp3) is 0.357. The number of methoxy groups -OCH3 is 1. The predicted molar refractivity (Wildman–Crippen MR) is 69.4 cm³/mol. The zero-order valence-corrected chi connectivity index (χ0v) is 10.4. The molecule has 1 aromatic carbocycles. The maximum Gasteiger partial charge on any atom is 0.330 e. The molecule has 18 heavy (non-hydrogen) atoms. The van der Waals surface area contributed by atoms with Crippen LogP contribution in [0.2, 0.25) is 0 Å². The van der Waals surface area contributed by atoms with Crippen LogP contribution in [-0.4, -0.2) is 32.3 Å². The van der Waals surface area contributed by atoms with Gasteiger partial charge in [0.05, 0.1) is 7.11 Å². The van der Waals surface area contributed by atoms with Crippen molar-refractivity contribution in [2.45, 2.75) is 12.5 Å². The van der Waals surface area contributed by atoms with E-state index in [4.69, 9.17) is 4.74 Å². The lowest BCUT2D eigenvalue weighted by atomic mass is 10.2. The largest absolute Gasteiger partial charge is 0.489 e. The quantitative estimate of drug-likeness (QED) is 0.648. The fourth-order valence-corrected chi connectivity index (χ4v) is 1.81. The molecule has 1 N–H and O–H groups in total. The summed E-state index contributed by atoms with van der Waals surface area (Å²) in [6, 6.07) is 7.65. The average molecular weight is 247 g/mol. The highest BCUT2D eigenvalue weighted by Crippen LogP contribution is 2.16. The normalized spacial score (nSPS) is 19.1. The molecule has 0 radical (unpaired) electrons. The van der Waals surface area contributed by atoms with Crippen LogP contribution in [0.3, 0.4) is 0 Å². The van der Waals surface area contributed by atoms with E-state index in [2.05, 4.69) is 10.1 Å². The topological polar surface area (TPSA) is 47.6 Å². The van der Waals surface area contributed by atoms with Crippen molar-refractivity contribution in [1.29, 1.82) is 0 Å². The maximum absolute atomic E-state index is 10.9. The summed E-state index contributed by atoms with van der Waals surface area (Å²) in [6.45, 7) is 1.93. The van der Waals surface area contributed by atoms with Crippen LogP contribution in [0.1, 0.15) is 12.0 Å². The molecule has 1 heterocycles. The lowest BCUT2D eigenvalue weighted by Crippen LogP contribution is -2.19. The molecule has 2 rings (SSSR count). The molecule has 1 aliphatic rings. The monoisotopic (exact) mass is 247 g/mol. The van der Waals surface area contributed by atoms with Crippen LogP contribution in [0.4, 0.5) is 0 Å². The van der Waals surface area contributed by atoms with Crippen LogP contribution in [-0.2, 0) is 9.53 Å². The Hall–Kier alpha value is -1.81. The minimum absolute atomic E-state index is 0.265. The van der Waals surface area contributed by atoms with Gasteiger partial charge in [0.25, 0.3) is 0 Å². The molecule has 1 unspecified atom stereocenters. The van der Waals surface area contributed by atoms with E-state index in [9.17, 15) is 4.79 Å². The van der Waals surface area contributed by atoms with Gasteiger partial charge in [0.1, 0.15) is 11.9 Å². The first-order chi connectivity index (χ1) is 8.78. The number of benzene rings is 1. The van der Waals surface area contributed by atoms with Gasteiger partial charge >= 0.3 is 5.97 Å². The number of hydrogen-bond donors (Lipinski definition) is 1. The minimum atomic E-state index is -0.354. The molecule has 1 aromatic rings. The van der Waals surface area contributed by atoms with Gasteiger partial charge in [0.2, 0.25) is 0 Å². The van der Waals surface area contributed by atoms with Crippen molar-refractivity contribution >= 4 is 12.0 Å². The third-order valence-corrected chi connectivity index (χ3v) is 2.81. The number of nitrogens with one attached hydrogen (secondary N) is 1. The van der Waals surface area contributed by atoms with Gasteiger partial charge < -0.3 is 14.8 Å². The SMILES string of the molecule is COC(=O)/C=C/c1ccc(OC2CCNC2)cc1. The lowest BCUT2D eigenvalue weighted by molar-refractivity contribution is -0.134. The van der Waals surface area contributed by atoms with Crippen molar-refractivity contribution in [2.24, 2.45) is 0 Å². The van der Waals surface area contributed by atoms with Crippen LogP contribution >= 0.6 is 0 Å². The Bertz CT molecular complexity index is 419. The standard InChI is InChI=1S/C14H17NO3/c1-17-14(16)7-4-11-2-5-12(6-3-11)18-13-8-9-15-10-13/h2-7,13,15H,8-10H2,1H3/b7-4+. The average Bonchev–Trinajstić information content (AvgIpc) is 2.90. The summed E-state index contributed by atoms with van der Waals surface area (Å²) in [4.78, 5) is 10.9. The second kappa shape index (κ2) is 6.21. The number of esters is 1. The molecule has 0 spiro atoms. The van der Waals surface area contributed by atoms with Crippen LogP contribution in [0.25, 0.3) is 6.08 Å². The van der Waals surface area contributed by atoms with Crippen LogP contribution in [0.15, 0.2) is 30.3 Å². The first-order valence-corrected chi connectivity index (χ1v) is 6.01. The Balaban J connectivity index is 1.92. The number of ether oxygens (including phenoxy) is 2. The maximum atomic E-state index is 10.9. The molecule has 0 saturated carbocycles. The summed E-state index contributed by atoms with van der Waals surface area (Å²) in [5.74, 6) is 0.506. The van der Waals surface area contributed by atoms with Gasteiger partial charge in [-0.2, -0.15) is 0 Å². The van der Waals surface area contributed by atoms with Crippen molar-refractivity contribution in [3.8, 4) is 5.75 Å². The molecule has 4 nitrogen and oxygen atoms in total. The van der Waals surface area contributed by atoms with Crippen LogP contribution in [0.5, 0.6) is 5.75 Å². The van der Waals surface area contributed by atoms with Crippen molar-refractivity contribution < 1.29 is 14.3 Å². The summed E-state index contributed by atoms with van der Waals surface area (Å²) in [6.07, 6.45) is 4.43. The van der Waals surface area contributed by atoms with Crippen molar-refractivity contribution in [1.82, 2.24) is 5.32 Å². The molecule has 0 amide bonds. The van der Waals surface area contributed by atoms with E-state index in [1.54, 1.807) is 6.08 Å². The third kappa shape index (κ3) is 3.60. The van der Waals surface area contributed by atoms with Gasteiger partial charge in [0, 0.05) is 12.6 Å². The van der Waals surface area contributed by atoms with Crippen LogP contribution in [0, 0.1) is 0 Å². The number of carbonyl (C=O) groups is 1. The van der Waals surface area contributed by atoms with E-state index < -0.39 is 0 Å². The van der Waals surface area contributed by atoms with E-state index in [1.807, 2.05) is 24.3 Å². The molecule has 1 fully saturated rings. The summed E-state index contributed by atoms with van der Waals surface area (Å²) < 4.78 is 10.3. The van der Waals surface area contributed by atoms with E-state index >= 15 is 0 Å². The molecule has 0 bridgehead atoms. The first-order valence-electron chi connectivity index (χ1n) is 6.01. The molecule has 0 aliphatic carbocycles. The Morgan fingerprint density at radius 2 is 2.17 bits per heavy atom. The molecule has 1 atom stereocenters. The van der Waals surface area contributed by atoms with Gasteiger partial charge in [-0.25, -0.2) is 4.79 Å². The highest BCUT2D eigenvalue weighted by Gasteiger charge is 2.15. The Morgan fingerprint density at radius 3 is 2.78 bits per heavy atom. The summed E-state index contributed by atoms with van der Waals surface area (Å²) in [5, 5.41) is 3.26. The van der Waals surface area contributed by atoms with Crippen molar-refractivity contribution in [3.63, 3.8) is 0 Å². The summed E-state index contributed by atoms with van der Waals surface area (Å²) in [7, 11) is 1.36. The predicted octanol–water partition coefficient (Wildman–Crippen LogP) is 1.61. The van der Waals surface area contributed by atoms with E-state index in [-0.39, 0.29) is 12.1 Å². The van der Waals surface area contributed by atoms with Crippen molar-refractivity contribution in [2.75, 3.05) is 20.2 Å². The Morgan fingerprint density at radius 1 is 1.39 bits per heavy atom. The van der Waals surface area contributed by atoms with Gasteiger partial charge in [-0.05, 0) is 36.7 Å². The number of rotatable bonds is 4. The molecule has 1 aliphatic heterocycles. The summed E-state index contributed by atoms with van der Waals surface area (Å²) >= 11 is 0. The molecule has 0 aromatic heterocycles. The smallest absolute Gasteiger partial charge is 0.330 e. The Kier molecular flexibility index (Phi) is 4.36. The molecule has 1 saturated heterocycles. The fourth-order valence-electron chi connectivity index (χ4n) is 1.81.